The quantitative estimate of drug-likeness (QED) is 0.674. The summed E-state index contributed by atoms with van der Waals surface area (Å²) in [5.41, 5.74) is 3.98. The zero-order valence-electron chi connectivity index (χ0n) is 16.3. The number of sulfone groups is 1. The molecule has 8 nitrogen and oxygen atoms in total. The van der Waals surface area contributed by atoms with Gasteiger partial charge in [-0.05, 0) is 28.7 Å². The average molecular weight is 427 g/mol. The zero-order valence-corrected chi connectivity index (χ0v) is 17.1. The monoisotopic (exact) mass is 427 g/mol. The van der Waals surface area contributed by atoms with E-state index in [1.807, 2.05) is 48.5 Å². The number of carbonyl (C=O) groups is 3. The minimum Gasteiger partial charge on any atom is -0.344 e. The summed E-state index contributed by atoms with van der Waals surface area (Å²) in [6.45, 7) is -0.430. The predicted octanol–water partition coefficient (Wildman–Crippen LogP) is 1.23. The van der Waals surface area contributed by atoms with Crippen molar-refractivity contribution < 1.29 is 22.8 Å². The predicted molar refractivity (Wildman–Crippen MR) is 110 cm³/mol. The number of amides is 4. The fourth-order valence-electron chi connectivity index (χ4n) is 3.92. The number of hydrogen-bond acceptors (Lipinski definition) is 5. The average Bonchev–Trinajstić information content (AvgIpc) is 3.16. The van der Waals surface area contributed by atoms with Crippen molar-refractivity contribution in [3.8, 4) is 11.1 Å². The molecule has 9 heteroatoms. The van der Waals surface area contributed by atoms with Crippen LogP contribution in [-0.4, -0.2) is 55.8 Å². The van der Waals surface area contributed by atoms with E-state index in [0.717, 1.165) is 33.4 Å². The van der Waals surface area contributed by atoms with Crippen LogP contribution in [0.25, 0.3) is 11.1 Å². The Hall–Kier alpha value is -3.20. The number of carbonyl (C=O) groups excluding carboxylic acids is 3. The van der Waals surface area contributed by atoms with Gasteiger partial charge < -0.3 is 10.6 Å². The molecule has 1 atom stereocenters. The molecule has 1 fully saturated rings. The highest BCUT2D eigenvalue weighted by molar-refractivity contribution is 7.90. The number of benzene rings is 2. The summed E-state index contributed by atoms with van der Waals surface area (Å²) < 4.78 is 22.7. The molecule has 1 aliphatic heterocycles. The maximum Gasteiger partial charge on any atom is 0.325 e. The largest absolute Gasteiger partial charge is 0.344 e. The summed E-state index contributed by atoms with van der Waals surface area (Å²) >= 11 is 0. The molecule has 2 aromatic carbocycles. The van der Waals surface area contributed by atoms with E-state index in [2.05, 4.69) is 10.6 Å². The van der Waals surface area contributed by atoms with Gasteiger partial charge in [0.25, 0.3) is 5.91 Å². The van der Waals surface area contributed by atoms with E-state index >= 15 is 0 Å². The van der Waals surface area contributed by atoms with Gasteiger partial charge in [-0.25, -0.2) is 13.2 Å². The molecule has 1 saturated heterocycles. The highest BCUT2D eigenvalue weighted by atomic mass is 32.2. The Morgan fingerprint density at radius 3 is 2.17 bits per heavy atom. The summed E-state index contributed by atoms with van der Waals surface area (Å²) in [7, 11) is -3.27. The number of nitrogens with zero attached hydrogens (tertiary/aromatic N) is 1. The first-order valence-corrected chi connectivity index (χ1v) is 11.6. The van der Waals surface area contributed by atoms with Crippen molar-refractivity contribution in [2.45, 2.75) is 18.5 Å². The molecule has 0 aromatic heterocycles. The molecule has 2 aliphatic rings. The van der Waals surface area contributed by atoms with Gasteiger partial charge in [0.1, 0.15) is 22.4 Å². The van der Waals surface area contributed by atoms with Crippen molar-refractivity contribution in [3.63, 3.8) is 0 Å². The third-order valence-electron chi connectivity index (χ3n) is 5.33. The van der Waals surface area contributed by atoms with Gasteiger partial charge in [0, 0.05) is 6.26 Å². The van der Waals surface area contributed by atoms with Crippen LogP contribution in [0.4, 0.5) is 4.79 Å². The van der Waals surface area contributed by atoms with Crippen LogP contribution < -0.4 is 10.6 Å². The van der Waals surface area contributed by atoms with E-state index in [-0.39, 0.29) is 18.2 Å². The Morgan fingerprint density at radius 2 is 1.60 bits per heavy atom. The molecule has 0 bridgehead atoms. The summed E-state index contributed by atoms with van der Waals surface area (Å²) in [6, 6.07) is 13.5. The number of hydrogen-bond donors (Lipinski definition) is 2. The second-order valence-corrected chi connectivity index (χ2v) is 9.78. The van der Waals surface area contributed by atoms with Gasteiger partial charge in [-0.2, -0.15) is 0 Å². The summed E-state index contributed by atoms with van der Waals surface area (Å²) in [6.07, 6.45) is 1.04. The lowest BCUT2D eigenvalue weighted by molar-refractivity contribution is -0.132. The molecular weight excluding hydrogens is 406 g/mol. The second kappa shape index (κ2) is 7.56. The molecule has 2 N–H and O–H groups in total. The van der Waals surface area contributed by atoms with Gasteiger partial charge in [0.2, 0.25) is 5.91 Å². The van der Waals surface area contributed by atoms with Crippen molar-refractivity contribution in [3.05, 3.63) is 59.7 Å². The van der Waals surface area contributed by atoms with E-state index in [4.69, 9.17) is 0 Å². The first-order valence-electron chi connectivity index (χ1n) is 9.52. The molecule has 1 heterocycles. The van der Waals surface area contributed by atoms with Crippen LogP contribution in [0.2, 0.25) is 0 Å². The molecule has 4 amide bonds. The van der Waals surface area contributed by atoms with Crippen LogP contribution in [-0.2, 0) is 19.4 Å². The van der Waals surface area contributed by atoms with E-state index in [1.54, 1.807) is 0 Å². The highest BCUT2D eigenvalue weighted by Crippen LogP contribution is 2.42. The first kappa shape index (κ1) is 20.1. The maximum atomic E-state index is 12.7. The van der Waals surface area contributed by atoms with Gasteiger partial charge in [0.05, 0.1) is 11.8 Å². The van der Waals surface area contributed by atoms with Crippen LogP contribution >= 0.6 is 0 Å². The third kappa shape index (κ3) is 3.80. The molecule has 0 saturated carbocycles. The van der Waals surface area contributed by atoms with Crippen LogP contribution in [0, 0.1) is 0 Å². The molecule has 2 aromatic rings. The zero-order chi connectivity index (χ0) is 21.5. The van der Waals surface area contributed by atoms with Crippen LogP contribution in [0.1, 0.15) is 23.6 Å². The lowest BCUT2D eigenvalue weighted by atomic mass is 10.1. The van der Waals surface area contributed by atoms with Gasteiger partial charge in [-0.1, -0.05) is 48.5 Å². The number of rotatable bonds is 6. The summed E-state index contributed by atoms with van der Waals surface area (Å²) in [4.78, 5) is 38.2. The van der Waals surface area contributed by atoms with E-state index in [9.17, 15) is 22.8 Å². The van der Waals surface area contributed by atoms with E-state index < -0.39 is 40.3 Å². The SMILES string of the molecule is CS(=O)(=O)CC[C@H]1NC(=O)N(CC(=O)NC2c3ccccc3-c3ccccc32)C1=O. The minimum atomic E-state index is -3.27. The standard InChI is InChI=1S/C21H21N3O5S/c1-30(28,29)11-10-17-20(26)24(21(27)22-17)12-18(25)23-19-15-8-4-2-6-13(15)14-7-3-5-9-16(14)19/h2-9,17,19H,10-12H2,1H3,(H,22,27)(H,23,25)/t17-/m1/s1. The van der Waals surface area contributed by atoms with Crippen LogP contribution in [0.3, 0.4) is 0 Å². The Kier molecular flexibility index (Phi) is 5.07. The molecule has 1 aliphatic carbocycles. The van der Waals surface area contributed by atoms with E-state index in [0.29, 0.717) is 0 Å². The van der Waals surface area contributed by atoms with Crippen molar-refractivity contribution in [2.75, 3.05) is 18.6 Å². The second-order valence-electron chi connectivity index (χ2n) is 7.52. The molecule has 4 rings (SSSR count). The molecule has 0 spiro atoms. The Labute approximate surface area is 174 Å². The fraction of sp³-hybridized carbons (Fsp3) is 0.286. The number of fused-ring (bicyclic) bond motifs is 3. The molecule has 156 valence electrons. The summed E-state index contributed by atoms with van der Waals surface area (Å²) in [5.74, 6) is -1.29. The highest BCUT2D eigenvalue weighted by Gasteiger charge is 2.39. The van der Waals surface area contributed by atoms with Gasteiger partial charge in [0.15, 0.2) is 0 Å². The molecule has 0 unspecified atom stereocenters. The van der Waals surface area contributed by atoms with Gasteiger partial charge >= 0.3 is 6.03 Å². The first-order chi connectivity index (χ1) is 14.2. The Bertz CT molecular complexity index is 1100. The van der Waals surface area contributed by atoms with Crippen LogP contribution in [0.5, 0.6) is 0 Å². The van der Waals surface area contributed by atoms with E-state index in [1.165, 1.54) is 0 Å². The summed E-state index contributed by atoms with van der Waals surface area (Å²) in [5, 5.41) is 5.37. The van der Waals surface area contributed by atoms with Crippen molar-refractivity contribution in [1.29, 1.82) is 0 Å². The molecular formula is C21H21N3O5S. The topological polar surface area (TPSA) is 113 Å². The Morgan fingerprint density at radius 1 is 1.03 bits per heavy atom. The van der Waals surface area contributed by atoms with Gasteiger partial charge in [-0.3, -0.25) is 14.5 Å². The number of imide groups is 1. The molecule has 30 heavy (non-hydrogen) atoms. The fourth-order valence-corrected chi connectivity index (χ4v) is 4.58. The van der Waals surface area contributed by atoms with Crippen LogP contribution in [0.15, 0.2) is 48.5 Å². The van der Waals surface area contributed by atoms with Crippen molar-refractivity contribution >= 4 is 27.7 Å². The van der Waals surface area contributed by atoms with Gasteiger partial charge in [-0.15, -0.1) is 0 Å². The lowest BCUT2D eigenvalue weighted by Gasteiger charge is -2.18. The minimum absolute atomic E-state index is 0.0229. The van der Waals surface area contributed by atoms with Crippen molar-refractivity contribution in [1.82, 2.24) is 15.5 Å². The van der Waals surface area contributed by atoms with Crippen molar-refractivity contribution in [2.24, 2.45) is 0 Å². The normalized spacial score (nSPS) is 18.2. The number of urea groups is 1. The smallest absolute Gasteiger partial charge is 0.325 e. The maximum absolute atomic E-state index is 12.7. The number of nitrogens with one attached hydrogen (secondary N) is 2. The molecule has 0 radical (unpaired) electrons. The lowest BCUT2D eigenvalue weighted by Crippen LogP contribution is -2.42. The Balaban J connectivity index is 1.47. The third-order valence-corrected chi connectivity index (χ3v) is 6.30.